The molecule has 2 heterocycles. The van der Waals surface area contributed by atoms with E-state index in [1.807, 2.05) is 0 Å². The molecule has 0 aromatic heterocycles. The summed E-state index contributed by atoms with van der Waals surface area (Å²) in [6.07, 6.45) is 8.84. The molecule has 2 fully saturated rings. The maximum Gasteiger partial charge on any atom is 0.132 e. The highest BCUT2D eigenvalue weighted by Gasteiger charge is 2.26. The van der Waals surface area contributed by atoms with Gasteiger partial charge in [0.05, 0.1) is 0 Å². The number of carbonyl (C=O) groups excluding carboxylic acids is 1. The summed E-state index contributed by atoms with van der Waals surface area (Å²) in [5, 5.41) is 3.76. The summed E-state index contributed by atoms with van der Waals surface area (Å²) in [5.74, 6) is 1.36. The zero-order valence-corrected chi connectivity index (χ0v) is 9.80. The summed E-state index contributed by atoms with van der Waals surface area (Å²) < 4.78 is 0. The molecule has 0 aromatic carbocycles. The van der Waals surface area contributed by atoms with Gasteiger partial charge in [0.1, 0.15) is 5.78 Å². The molecule has 2 aliphatic rings. The molecule has 86 valence electrons. The average molecular weight is 209 g/mol. The van der Waals surface area contributed by atoms with Gasteiger partial charge in [-0.3, -0.25) is 4.79 Å². The van der Waals surface area contributed by atoms with Crippen LogP contribution >= 0.6 is 0 Å². The first kappa shape index (κ1) is 11.1. The molecule has 2 rings (SSSR count). The van der Waals surface area contributed by atoms with Crippen LogP contribution in [0, 0.1) is 5.92 Å². The Balaban J connectivity index is 1.93. The molecule has 2 nitrogen and oxygen atoms in total. The Morgan fingerprint density at radius 3 is 2.13 bits per heavy atom. The topological polar surface area (TPSA) is 29.1 Å². The van der Waals surface area contributed by atoms with Crippen LogP contribution in [0.2, 0.25) is 0 Å². The Kier molecular flexibility index (Phi) is 3.79. The summed E-state index contributed by atoms with van der Waals surface area (Å²) in [5.41, 5.74) is 0. The van der Waals surface area contributed by atoms with Gasteiger partial charge >= 0.3 is 0 Å². The van der Waals surface area contributed by atoms with E-state index in [1.165, 1.54) is 25.7 Å². The molecule has 0 aliphatic carbocycles. The Morgan fingerprint density at radius 1 is 1.07 bits per heavy atom. The number of nitrogens with one attached hydrogen (secondary N) is 1. The van der Waals surface area contributed by atoms with Crippen molar-refractivity contribution < 1.29 is 4.79 Å². The van der Waals surface area contributed by atoms with Gasteiger partial charge in [-0.1, -0.05) is 6.92 Å². The largest absolute Gasteiger partial charge is 0.311 e. The maximum absolute atomic E-state index is 11.5. The zero-order chi connectivity index (χ0) is 10.7. The van der Waals surface area contributed by atoms with Crippen LogP contribution in [0.1, 0.15) is 58.3 Å². The van der Waals surface area contributed by atoms with E-state index in [2.05, 4.69) is 12.2 Å². The first-order valence-electron chi connectivity index (χ1n) is 6.52. The van der Waals surface area contributed by atoms with Gasteiger partial charge in [-0.2, -0.15) is 0 Å². The molecule has 15 heavy (non-hydrogen) atoms. The Hall–Kier alpha value is -0.370. The SMILES string of the molecule is CC1CC2CCCC(=O)CCCC(C1)N2. The van der Waals surface area contributed by atoms with Gasteiger partial charge < -0.3 is 5.32 Å². The second-order valence-corrected chi connectivity index (χ2v) is 5.46. The lowest BCUT2D eigenvalue weighted by atomic mass is 9.84. The van der Waals surface area contributed by atoms with Gasteiger partial charge in [-0.05, 0) is 44.4 Å². The van der Waals surface area contributed by atoms with E-state index in [1.54, 1.807) is 0 Å². The number of carbonyl (C=O) groups is 1. The minimum atomic E-state index is 0.489. The quantitative estimate of drug-likeness (QED) is 0.664. The van der Waals surface area contributed by atoms with Gasteiger partial charge in [0.25, 0.3) is 0 Å². The van der Waals surface area contributed by atoms with Crippen molar-refractivity contribution in [2.45, 2.75) is 70.4 Å². The summed E-state index contributed by atoms with van der Waals surface area (Å²) in [4.78, 5) is 11.5. The average Bonchev–Trinajstić information content (AvgIpc) is 2.16. The minimum Gasteiger partial charge on any atom is -0.311 e. The van der Waals surface area contributed by atoms with Crippen LogP contribution in [-0.4, -0.2) is 17.9 Å². The molecule has 2 heteroatoms. The number of piperidine rings is 1. The van der Waals surface area contributed by atoms with Crippen LogP contribution in [0.4, 0.5) is 0 Å². The molecule has 0 saturated carbocycles. The van der Waals surface area contributed by atoms with Crippen LogP contribution in [0.15, 0.2) is 0 Å². The molecule has 0 spiro atoms. The first-order valence-corrected chi connectivity index (χ1v) is 6.52. The van der Waals surface area contributed by atoms with Crippen molar-refractivity contribution >= 4 is 5.78 Å². The van der Waals surface area contributed by atoms with Gasteiger partial charge in [-0.25, -0.2) is 0 Å². The Bertz CT molecular complexity index is 207. The summed E-state index contributed by atoms with van der Waals surface area (Å²) in [6, 6.07) is 1.37. The zero-order valence-electron chi connectivity index (χ0n) is 9.80. The van der Waals surface area contributed by atoms with Crippen molar-refractivity contribution in [3.05, 3.63) is 0 Å². The highest BCUT2D eigenvalue weighted by Crippen LogP contribution is 2.26. The molecule has 2 aliphatic heterocycles. The fraction of sp³-hybridized carbons (Fsp3) is 0.923. The van der Waals surface area contributed by atoms with E-state index in [0.29, 0.717) is 17.9 Å². The van der Waals surface area contributed by atoms with Crippen molar-refractivity contribution in [2.24, 2.45) is 5.92 Å². The van der Waals surface area contributed by atoms with Crippen molar-refractivity contribution in [1.29, 1.82) is 0 Å². The lowest BCUT2D eigenvalue weighted by Gasteiger charge is -2.35. The molecule has 2 unspecified atom stereocenters. The van der Waals surface area contributed by atoms with Crippen molar-refractivity contribution in [3.63, 3.8) is 0 Å². The maximum atomic E-state index is 11.5. The van der Waals surface area contributed by atoms with Crippen molar-refractivity contribution in [1.82, 2.24) is 5.32 Å². The molecular weight excluding hydrogens is 186 g/mol. The van der Waals surface area contributed by atoms with Crippen LogP contribution in [0.25, 0.3) is 0 Å². The van der Waals surface area contributed by atoms with Crippen LogP contribution in [0.3, 0.4) is 0 Å². The molecule has 0 radical (unpaired) electrons. The number of rotatable bonds is 0. The van der Waals surface area contributed by atoms with E-state index in [-0.39, 0.29) is 0 Å². The third-order valence-electron chi connectivity index (χ3n) is 3.86. The lowest BCUT2D eigenvalue weighted by Crippen LogP contribution is -2.45. The molecule has 2 saturated heterocycles. The third kappa shape index (κ3) is 3.30. The van der Waals surface area contributed by atoms with E-state index < -0.39 is 0 Å². The summed E-state index contributed by atoms with van der Waals surface area (Å²) in [6.45, 7) is 2.37. The van der Waals surface area contributed by atoms with E-state index >= 15 is 0 Å². The standard InChI is InChI=1S/C13H23NO/c1-10-8-11-4-2-6-13(15)7-3-5-12(9-10)14-11/h10-12,14H,2-9H2,1H3. The van der Waals surface area contributed by atoms with Crippen LogP contribution < -0.4 is 5.32 Å². The molecule has 0 amide bonds. The molecule has 0 aromatic rings. The molecule has 2 atom stereocenters. The summed E-state index contributed by atoms with van der Waals surface area (Å²) in [7, 11) is 0. The number of ketones is 1. The van der Waals surface area contributed by atoms with E-state index in [9.17, 15) is 4.79 Å². The van der Waals surface area contributed by atoms with E-state index in [4.69, 9.17) is 0 Å². The minimum absolute atomic E-state index is 0.489. The fourth-order valence-electron chi connectivity index (χ4n) is 3.16. The predicted molar refractivity (Wildman–Crippen MR) is 61.8 cm³/mol. The van der Waals surface area contributed by atoms with Crippen molar-refractivity contribution in [2.75, 3.05) is 0 Å². The molecular formula is C13H23NO. The number of Topliss-reactive ketones (excluding diaryl/α,β-unsaturated/α-hetero) is 1. The second kappa shape index (κ2) is 5.11. The van der Waals surface area contributed by atoms with Crippen molar-refractivity contribution in [3.8, 4) is 0 Å². The first-order chi connectivity index (χ1) is 7.24. The highest BCUT2D eigenvalue weighted by molar-refractivity contribution is 5.78. The molecule has 2 bridgehead atoms. The Morgan fingerprint density at radius 2 is 1.60 bits per heavy atom. The van der Waals surface area contributed by atoms with Gasteiger partial charge in [0.2, 0.25) is 0 Å². The normalized spacial score (nSPS) is 38.7. The lowest BCUT2D eigenvalue weighted by molar-refractivity contribution is -0.119. The smallest absolute Gasteiger partial charge is 0.132 e. The van der Waals surface area contributed by atoms with Crippen LogP contribution in [0.5, 0.6) is 0 Å². The number of fused-ring (bicyclic) bond motifs is 2. The van der Waals surface area contributed by atoms with Gasteiger partial charge in [0, 0.05) is 24.9 Å². The van der Waals surface area contributed by atoms with E-state index in [0.717, 1.165) is 31.6 Å². The Labute approximate surface area is 92.8 Å². The number of hydrogen-bond donors (Lipinski definition) is 1. The van der Waals surface area contributed by atoms with Crippen LogP contribution in [-0.2, 0) is 4.79 Å². The molecule has 1 N–H and O–H groups in total. The van der Waals surface area contributed by atoms with Gasteiger partial charge in [0.15, 0.2) is 0 Å². The third-order valence-corrected chi connectivity index (χ3v) is 3.86. The fourth-order valence-corrected chi connectivity index (χ4v) is 3.16. The predicted octanol–water partition coefficient (Wildman–Crippen LogP) is 2.67. The summed E-state index contributed by atoms with van der Waals surface area (Å²) >= 11 is 0. The van der Waals surface area contributed by atoms with Gasteiger partial charge in [-0.15, -0.1) is 0 Å². The highest BCUT2D eigenvalue weighted by atomic mass is 16.1. The monoisotopic (exact) mass is 209 g/mol. The number of hydrogen-bond acceptors (Lipinski definition) is 2. The second-order valence-electron chi connectivity index (χ2n) is 5.46.